The quantitative estimate of drug-likeness (QED) is 0.131. The molecule has 0 aromatic carbocycles. The molecule has 0 aromatic rings. The molecule has 36 heavy (non-hydrogen) atoms. The fourth-order valence-electron chi connectivity index (χ4n) is 3.22. The lowest BCUT2D eigenvalue weighted by Gasteiger charge is -2.27. The van der Waals surface area contributed by atoms with Gasteiger partial charge in [0.05, 0.1) is 6.42 Å². The molecule has 202 valence electrons. The Bertz CT molecular complexity index is 875. The molecule has 0 aromatic heterocycles. The Morgan fingerprint density at radius 1 is 0.972 bits per heavy atom. The zero-order valence-corrected chi connectivity index (χ0v) is 23.5. The average Bonchev–Trinajstić information content (AvgIpc) is 2.80. The van der Waals surface area contributed by atoms with E-state index in [4.69, 9.17) is 4.74 Å². The van der Waals surface area contributed by atoms with E-state index in [-0.39, 0.29) is 24.0 Å². The Morgan fingerprint density at radius 2 is 1.61 bits per heavy atom. The number of nitrogens with one attached hydrogen (secondary N) is 4. The third-order valence-corrected chi connectivity index (χ3v) is 6.98. The molecule has 0 radical (unpaired) electrons. The number of amides is 4. The summed E-state index contributed by atoms with van der Waals surface area (Å²) in [5.74, 6) is -3.01. The van der Waals surface area contributed by atoms with E-state index in [9.17, 15) is 24.0 Å². The van der Waals surface area contributed by atoms with Gasteiger partial charge in [0.25, 0.3) is 5.91 Å². The smallest absolute Gasteiger partial charge is 0.329 e. The number of cyclic esters (lactones) is 1. The van der Waals surface area contributed by atoms with Crippen molar-refractivity contribution in [3.8, 4) is 0 Å². The zero-order chi connectivity index (χ0) is 27.4. The minimum Gasteiger partial charge on any atom is -0.456 e. The van der Waals surface area contributed by atoms with Crippen LogP contribution in [0.5, 0.6) is 0 Å². The number of allylic oxidation sites excluding steroid dienone is 1. The van der Waals surface area contributed by atoms with E-state index in [1.54, 1.807) is 68.4 Å². The number of hydrogen-bond donors (Lipinski definition) is 4. The highest BCUT2D eigenvalue weighted by Crippen LogP contribution is 2.17. The molecule has 0 bridgehead atoms. The van der Waals surface area contributed by atoms with Crippen LogP contribution in [0.25, 0.3) is 0 Å². The Kier molecular flexibility index (Phi) is 13.7. The first kappa shape index (κ1) is 31.6. The maximum Gasteiger partial charge on any atom is 0.329 e. The van der Waals surface area contributed by atoms with Crippen molar-refractivity contribution in [3.63, 3.8) is 0 Å². The van der Waals surface area contributed by atoms with E-state index in [1.807, 2.05) is 6.26 Å². The second-order valence-electron chi connectivity index (χ2n) is 8.97. The van der Waals surface area contributed by atoms with Crippen molar-refractivity contribution in [3.05, 3.63) is 23.9 Å². The molecule has 4 N–H and O–H groups in total. The largest absolute Gasteiger partial charge is 0.456 e. The first-order valence-corrected chi connectivity index (χ1v) is 14.5. The summed E-state index contributed by atoms with van der Waals surface area (Å²) in [6.45, 7) is 10.1. The van der Waals surface area contributed by atoms with Crippen LogP contribution < -0.4 is 21.3 Å². The lowest BCUT2D eigenvalue weighted by Crippen LogP contribution is -2.56. The first-order valence-electron chi connectivity index (χ1n) is 11.8. The van der Waals surface area contributed by atoms with Gasteiger partial charge in [-0.3, -0.25) is 19.2 Å². The van der Waals surface area contributed by atoms with Gasteiger partial charge in [-0.15, -0.1) is 0 Å². The van der Waals surface area contributed by atoms with Gasteiger partial charge in [0, 0.05) is 5.75 Å². The summed E-state index contributed by atoms with van der Waals surface area (Å²) in [5.41, 5.74) is -0.0640. The zero-order valence-electron chi connectivity index (χ0n) is 21.9. The average molecular weight is 543 g/mol. The molecule has 1 heterocycles. The molecule has 4 amide bonds. The Labute approximate surface area is 221 Å². The Morgan fingerprint density at radius 3 is 2.17 bits per heavy atom. The lowest BCUT2D eigenvalue weighted by atomic mass is 10.0. The second kappa shape index (κ2) is 15.6. The third-order valence-electron chi connectivity index (χ3n) is 5.30. The monoisotopic (exact) mass is 542 g/mol. The normalized spacial score (nSPS) is 26.6. The minimum absolute atomic E-state index is 0.0640. The second-order valence-corrected chi connectivity index (χ2v) is 11.6. The minimum atomic E-state index is -1.02. The Hall–Kier alpha value is -2.47. The molecule has 2 unspecified atom stereocenters. The molecule has 1 rings (SSSR count). The molecule has 10 nitrogen and oxygen atoms in total. The molecule has 1 aliphatic heterocycles. The lowest BCUT2D eigenvalue weighted by molar-refractivity contribution is -0.153. The van der Waals surface area contributed by atoms with Gasteiger partial charge >= 0.3 is 5.97 Å². The van der Waals surface area contributed by atoms with Crippen molar-refractivity contribution in [2.24, 2.45) is 11.8 Å². The highest BCUT2D eigenvalue weighted by atomic mass is 33.1. The molecule has 12 heteroatoms. The van der Waals surface area contributed by atoms with Gasteiger partial charge in [-0.25, -0.2) is 4.79 Å². The summed E-state index contributed by atoms with van der Waals surface area (Å²) >= 11 is 0. The van der Waals surface area contributed by atoms with Crippen LogP contribution in [-0.4, -0.2) is 65.8 Å². The van der Waals surface area contributed by atoms with Gasteiger partial charge < -0.3 is 26.0 Å². The number of carbonyl (C=O) groups is 5. The van der Waals surface area contributed by atoms with Gasteiger partial charge in [0.15, 0.2) is 0 Å². The molecule has 4 atom stereocenters. The van der Waals surface area contributed by atoms with Gasteiger partial charge in [-0.1, -0.05) is 61.4 Å². The van der Waals surface area contributed by atoms with Crippen LogP contribution in [0.2, 0.25) is 0 Å². The van der Waals surface area contributed by atoms with E-state index in [2.05, 4.69) is 21.3 Å². The van der Waals surface area contributed by atoms with Crippen LogP contribution in [0.4, 0.5) is 0 Å². The van der Waals surface area contributed by atoms with Gasteiger partial charge in [-0.05, 0) is 38.0 Å². The maximum atomic E-state index is 13.1. The Balaban J connectivity index is 3.37. The highest BCUT2D eigenvalue weighted by Gasteiger charge is 2.32. The molecule has 0 aliphatic carbocycles. The van der Waals surface area contributed by atoms with Crippen molar-refractivity contribution >= 4 is 51.2 Å². The SMILES string of the molecule is C/C=C1/NC(=O)[C@@H](C)NC(=O)[C@@H](C(C)C)NC(=O)CC(/C=C/CSSC)OC(=O)C(C(C)C)NC1=O. The molecule has 1 saturated heterocycles. The summed E-state index contributed by atoms with van der Waals surface area (Å²) in [4.78, 5) is 64.3. The number of carbonyl (C=O) groups excluding carboxylic acids is 5. The number of rotatable bonds is 6. The van der Waals surface area contributed by atoms with Crippen molar-refractivity contribution in [2.45, 2.75) is 72.2 Å². The fourth-order valence-corrected chi connectivity index (χ4v) is 4.19. The van der Waals surface area contributed by atoms with Crippen LogP contribution in [0.15, 0.2) is 23.9 Å². The van der Waals surface area contributed by atoms with Crippen molar-refractivity contribution in [1.82, 2.24) is 21.3 Å². The number of hydrogen-bond acceptors (Lipinski definition) is 8. The van der Waals surface area contributed by atoms with E-state index in [0.29, 0.717) is 5.75 Å². The highest BCUT2D eigenvalue weighted by molar-refractivity contribution is 8.76. The molecule has 1 fully saturated rings. The summed E-state index contributed by atoms with van der Waals surface area (Å²) in [5, 5.41) is 10.4. The predicted molar refractivity (Wildman–Crippen MR) is 143 cm³/mol. The van der Waals surface area contributed by atoms with E-state index in [1.165, 1.54) is 13.0 Å². The van der Waals surface area contributed by atoms with Crippen LogP contribution >= 0.6 is 21.6 Å². The maximum absolute atomic E-state index is 13.1. The summed E-state index contributed by atoms with van der Waals surface area (Å²) < 4.78 is 5.63. The third kappa shape index (κ3) is 10.3. The van der Waals surface area contributed by atoms with E-state index in [0.717, 1.165) is 0 Å². The summed E-state index contributed by atoms with van der Waals surface area (Å²) in [6, 6.07) is -2.92. The van der Waals surface area contributed by atoms with Gasteiger partial charge in [0.2, 0.25) is 17.7 Å². The van der Waals surface area contributed by atoms with E-state index < -0.39 is 53.8 Å². The molecular weight excluding hydrogens is 504 g/mol. The molecule has 0 saturated carbocycles. The van der Waals surface area contributed by atoms with Crippen LogP contribution in [-0.2, 0) is 28.7 Å². The summed E-state index contributed by atoms with van der Waals surface area (Å²) in [6.07, 6.45) is 5.66. The topological polar surface area (TPSA) is 143 Å². The standard InChI is InChI=1S/C24H38N4O6S2/c1-8-17-22(31)28-20(14(4)5)24(33)34-16(10-9-11-36-35-7)12-18(29)27-19(13(2)3)23(32)25-15(6)21(30)26-17/h8-10,13-16,19-20H,11-12H2,1-7H3,(H,25,32)(H,26,30)(H,27,29)(H,28,31)/b10-9+,17-8+/t15-,16?,19-,20?/m1/s1. The van der Waals surface area contributed by atoms with Gasteiger partial charge in [-0.2, -0.15) is 0 Å². The molecular formula is C24H38N4O6S2. The van der Waals surface area contributed by atoms with Crippen molar-refractivity contribution in [2.75, 3.05) is 12.0 Å². The fraction of sp³-hybridized carbons (Fsp3) is 0.625. The predicted octanol–water partition coefficient (Wildman–Crippen LogP) is 1.68. The van der Waals surface area contributed by atoms with Crippen LogP contribution in [0.1, 0.15) is 48.0 Å². The molecule has 1 aliphatic rings. The first-order chi connectivity index (χ1) is 16.9. The van der Waals surface area contributed by atoms with Crippen molar-refractivity contribution < 1.29 is 28.7 Å². The van der Waals surface area contributed by atoms with Crippen LogP contribution in [0.3, 0.4) is 0 Å². The number of esters is 1. The number of ether oxygens (including phenoxy) is 1. The van der Waals surface area contributed by atoms with Gasteiger partial charge in [0.1, 0.15) is 29.9 Å². The van der Waals surface area contributed by atoms with E-state index >= 15 is 0 Å². The summed E-state index contributed by atoms with van der Waals surface area (Å²) in [7, 11) is 3.16. The van der Waals surface area contributed by atoms with Crippen molar-refractivity contribution in [1.29, 1.82) is 0 Å². The van der Waals surface area contributed by atoms with Crippen LogP contribution in [0, 0.1) is 11.8 Å². The molecule has 0 spiro atoms.